The number of benzene rings is 1. The van der Waals surface area contributed by atoms with E-state index in [2.05, 4.69) is 42.0 Å². The first-order chi connectivity index (χ1) is 8.49. The molecule has 2 N–H and O–H groups in total. The van der Waals surface area contributed by atoms with Gasteiger partial charge >= 0.3 is 0 Å². The maximum Gasteiger partial charge on any atom is 0.133 e. The van der Waals surface area contributed by atoms with Gasteiger partial charge in [0.1, 0.15) is 5.75 Å². The van der Waals surface area contributed by atoms with E-state index in [1.807, 2.05) is 18.2 Å². The molecular weight excluding hydrogens is 294 g/mol. The molecule has 0 saturated carbocycles. The molecule has 3 nitrogen and oxygen atoms in total. The van der Waals surface area contributed by atoms with E-state index < -0.39 is 0 Å². The fraction of sp³-hybridized carbons (Fsp3) is 0.571. The second-order valence-corrected chi connectivity index (χ2v) is 5.67. The highest BCUT2D eigenvalue weighted by Gasteiger charge is 2.16. The number of methoxy groups -OCH3 is 1. The van der Waals surface area contributed by atoms with Crippen LogP contribution in [0.2, 0.25) is 0 Å². The van der Waals surface area contributed by atoms with Crippen molar-refractivity contribution >= 4 is 15.9 Å². The zero-order chi connectivity index (χ0) is 13.7. The van der Waals surface area contributed by atoms with Crippen molar-refractivity contribution in [3.63, 3.8) is 0 Å². The Morgan fingerprint density at radius 3 is 2.44 bits per heavy atom. The summed E-state index contributed by atoms with van der Waals surface area (Å²) in [5, 5.41) is 12.8. The molecule has 1 aromatic rings. The van der Waals surface area contributed by atoms with Gasteiger partial charge in [-0.05, 0) is 46.5 Å². The number of aliphatic hydroxyl groups is 1. The van der Waals surface area contributed by atoms with Gasteiger partial charge in [0.05, 0.1) is 18.2 Å². The van der Waals surface area contributed by atoms with Crippen molar-refractivity contribution < 1.29 is 9.84 Å². The van der Waals surface area contributed by atoms with Crippen molar-refractivity contribution in [3.8, 4) is 5.75 Å². The quantitative estimate of drug-likeness (QED) is 0.847. The van der Waals surface area contributed by atoms with Crippen LogP contribution in [0.5, 0.6) is 5.75 Å². The largest absolute Gasteiger partial charge is 0.496 e. The monoisotopic (exact) mass is 315 g/mol. The van der Waals surface area contributed by atoms with Crippen LogP contribution in [0.3, 0.4) is 0 Å². The van der Waals surface area contributed by atoms with Crippen LogP contribution in [-0.2, 0) is 0 Å². The van der Waals surface area contributed by atoms with Gasteiger partial charge in [-0.25, -0.2) is 0 Å². The average Bonchev–Trinajstić information content (AvgIpc) is 2.35. The summed E-state index contributed by atoms with van der Waals surface area (Å²) in [7, 11) is 1.65. The summed E-state index contributed by atoms with van der Waals surface area (Å²) in [6.07, 6.45) is 0. The maximum atomic E-state index is 9.34. The predicted molar refractivity (Wildman–Crippen MR) is 78.0 cm³/mol. The summed E-state index contributed by atoms with van der Waals surface area (Å²) in [4.78, 5) is 0. The van der Waals surface area contributed by atoms with Crippen LogP contribution in [0.15, 0.2) is 22.7 Å². The Kier molecular flexibility index (Phi) is 6.12. The summed E-state index contributed by atoms with van der Waals surface area (Å²) < 4.78 is 6.16. The zero-order valence-corrected chi connectivity index (χ0v) is 13.0. The molecule has 1 aromatic carbocycles. The lowest BCUT2D eigenvalue weighted by Gasteiger charge is -2.25. The number of halogens is 1. The molecule has 0 aliphatic heterocycles. The van der Waals surface area contributed by atoms with Gasteiger partial charge in [0.2, 0.25) is 0 Å². The van der Waals surface area contributed by atoms with Crippen LogP contribution in [-0.4, -0.2) is 24.9 Å². The summed E-state index contributed by atoms with van der Waals surface area (Å²) in [5.41, 5.74) is 1.17. The molecule has 0 aliphatic rings. The van der Waals surface area contributed by atoms with Crippen molar-refractivity contribution in [2.45, 2.75) is 32.9 Å². The molecule has 0 bridgehead atoms. The van der Waals surface area contributed by atoms with Crippen molar-refractivity contribution in [3.05, 3.63) is 28.2 Å². The number of ether oxygens (including phenoxy) is 1. The number of hydrogen-bond donors (Lipinski definition) is 2. The van der Waals surface area contributed by atoms with E-state index in [9.17, 15) is 5.11 Å². The van der Waals surface area contributed by atoms with Crippen LogP contribution in [0, 0.1) is 5.92 Å². The minimum Gasteiger partial charge on any atom is -0.496 e. The van der Waals surface area contributed by atoms with E-state index in [0.717, 1.165) is 10.2 Å². The van der Waals surface area contributed by atoms with Crippen molar-refractivity contribution in [1.82, 2.24) is 5.32 Å². The van der Waals surface area contributed by atoms with Gasteiger partial charge in [-0.1, -0.05) is 19.9 Å². The molecule has 0 aromatic heterocycles. The normalized spacial score (nSPS) is 14.6. The Labute approximate surface area is 118 Å². The van der Waals surface area contributed by atoms with Crippen LogP contribution in [0.4, 0.5) is 0 Å². The molecule has 0 heterocycles. The fourth-order valence-corrected chi connectivity index (χ4v) is 2.38. The first-order valence-corrected chi connectivity index (χ1v) is 6.99. The number of nitrogens with one attached hydrogen (secondary N) is 1. The number of hydrogen-bond acceptors (Lipinski definition) is 3. The minimum absolute atomic E-state index is 0.112. The molecule has 0 aliphatic carbocycles. The fourth-order valence-electron chi connectivity index (χ4n) is 1.83. The second-order valence-electron chi connectivity index (χ2n) is 4.82. The Hall–Kier alpha value is -0.580. The average molecular weight is 316 g/mol. The Bertz CT molecular complexity index is 382. The molecule has 102 valence electrons. The lowest BCUT2D eigenvalue weighted by molar-refractivity contribution is 0.201. The van der Waals surface area contributed by atoms with Crippen molar-refractivity contribution in [2.75, 3.05) is 13.7 Å². The van der Waals surface area contributed by atoms with Crippen LogP contribution < -0.4 is 10.1 Å². The maximum absolute atomic E-state index is 9.34. The van der Waals surface area contributed by atoms with Gasteiger partial charge in [-0.2, -0.15) is 0 Å². The van der Waals surface area contributed by atoms with E-state index in [-0.39, 0.29) is 18.7 Å². The van der Waals surface area contributed by atoms with Crippen molar-refractivity contribution in [1.29, 1.82) is 0 Å². The molecule has 0 fully saturated rings. The van der Waals surface area contributed by atoms with Gasteiger partial charge in [0, 0.05) is 12.1 Å². The highest BCUT2D eigenvalue weighted by Crippen LogP contribution is 2.28. The van der Waals surface area contributed by atoms with Gasteiger partial charge in [0.15, 0.2) is 0 Å². The Morgan fingerprint density at radius 2 is 2.00 bits per heavy atom. The van der Waals surface area contributed by atoms with E-state index in [1.165, 1.54) is 5.56 Å². The topological polar surface area (TPSA) is 41.5 Å². The van der Waals surface area contributed by atoms with Gasteiger partial charge in [-0.3, -0.25) is 0 Å². The smallest absolute Gasteiger partial charge is 0.133 e. The molecule has 0 radical (unpaired) electrons. The molecule has 0 saturated heterocycles. The van der Waals surface area contributed by atoms with Crippen LogP contribution in [0.25, 0.3) is 0 Å². The lowest BCUT2D eigenvalue weighted by atomic mass is 10.0. The third-order valence-corrected chi connectivity index (χ3v) is 3.76. The Morgan fingerprint density at radius 1 is 1.33 bits per heavy atom. The summed E-state index contributed by atoms with van der Waals surface area (Å²) in [6, 6.07) is 6.33. The molecular formula is C14H22BrNO2. The Balaban J connectivity index is 2.77. The van der Waals surface area contributed by atoms with Crippen LogP contribution >= 0.6 is 15.9 Å². The summed E-state index contributed by atoms with van der Waals surface area (Å²) in [6.45, 7) is 6.45. The molecule has 0 spiro atoms. The first-order valence-electron chi connectivity index (χ1n) is 6.20. The highest BCUT2D eigenvalue weighted by molar-refractivity contribution is 9.10. The van der Waals surface area contributed by atoms with Crippen LogP contribution in [0.1, 0.15) is 32.4 Å². The molecule has 2 unspecified atom stereocenters. The summed E-state index contributed by atoms with van der Waals surface area (Å²) in [5.74, 6) is 1.23. The standard InChI is InChI=1S/C14H22BrNO2/c1-9(2)13(8-17)16-10(3)11-5-6-14(18-4)12(15)7-11/h5-7,9-10,13,16-17H,8H2,1-4H3. The first kappa shape index (κ1) is 15.5. The predicted octanol–water partition coefficient (Wildman–Crippen LogP) is 3.13. The third-order valence-electron chi connectivity index (χ3n) is 3.14. The summed E-state index contributed by atoms with van der Waals surface area (Å²) >= 11 is 3.49. The SMILES string of the molecule is COc1ccc(C(C)NC(CO)C(C)C)cc1Br. The van der Waals surface area contributed by atoms with E-state index in [1.54, 1.807) is 7.11 Å². The minimum atomic E-state index is 0.112. The zero-order valence-electron chi connectivity index (χ0n) is 11.4. The molecule has 18 heavy (non-hydrogen) atoms. The molecule has 2 atom stereocenters. The second kappa shape index (κ2) is 7.12. The number of rotatable bonds is 6. The van der Waals surface area contributed by atoms with Gasteiger partial charge < -0.3 is 15.2 Å². The molecule has 4 heteroatoms. The molecule has 1 rings (SSSR count). The number of aliphatic hydroxyl groups excluding tert-OH is 1. The lowest BCUT2D eigenvalue weighted by Crippen LogP contribution is -2.38. The molecule has 0 amide bonds. The highest BCUT2D eigenvalue weighted by atomic mass is 79.9. The van der Waals surface area contributed by atoms with Gasteiger partial charge in [0.25, 0.3) is 0 Å². The third kappa shape index (κ3) is 3.97. The van der Waals surface area contributed by atoms with E-state index >= 15 is 0 Å². The van der Waals surface area contributed by atoms with E-state index in [4.69, 9.17) is 4.74 Å². The van der Waals surface area contributed by atoms with E-state index in [0.29, 0.717) is 5.92 Å². The van der Waals surface area contributed by atoms with Gasteiger partial charge in [-0.15, -0.1) is 0 Å². The van der Waals surface area contributed by atoms with Crippen molar-refractivity contribution in [2.24, 2.45) is 5.92 Å².